The van der Waals surface area contributed by atoms with Gasteiger partial charge in [-0.15, -0.1) is 11.8 Å². The van der Waals surface area contributed by atoms with Gasteiger partial charge in [-0.05, 0) is 25.3 Å². The van der Waals surface area contributed by atoms with E-state index >= 15 is 0 Å². The molecule has 8 heteroatoms. The fourth-order valence-electron chi connectivity index (χ4n) is 2.05. The Balaban J connectivity index is 3.08. The second-order valence-electron chi connectivity index (χ2n) is 4.26. The molecule has 0 atom stereocenters. The van der Waals surface area contributed by atoms with Crippen molar-refractivity contribution >= 4 is 28.4 Å². The van der Waals surface area contributed by atoms with Crippen molar-refractivity contribution in [3.05, 3.63) is 39.3 Å². The fourth-order valence-corrected chi connectivity index (χ4v) is 2.69. The molecule has 0 amide bonds. The second-order valence-corrected chi connectivity index (χ2v) is 5.08. The number of alkyl halides is 3. The van der Waals surface area contributed by atoms with Crippen LogP contribution in [0.3, 0.4) is 0 Å². The largest absolute Gasteiger partial charge is 0.417 e. The van der Waals surface area contributed by atoms with Gasteiger partial charge in [0.2, 0.25) is 5.43 Å². The van der Waals surface area contributed by atoms with Gasteiger partial charge in [-0.1, -0.05) is 0 Å². The summed E-state index contributed by atoms with van der Waals surface area (Å²) >= 11 is 0.951. The van der Waals surface area contributed by atoms with Gasteiger partial charge in [0.1, 0.15) is 5.82 Å². The van der Waals surface area contributed by atoms with Gasteiger partial charge < -0.3 is 4.98 Å². The smallest absolute Gasteiger partial charge is 0.347 e. The molecule has 21 heavy (non-hydrogen) atoms. The van der Waals surface area contributed by atoms with Crippen LogP contribution in [0, 0.1) is 5.82 Å². The van der Waals surface area contributed by atoms with Crippen LogP contribution in [0.4, 0.5) is 17.6 Å². The third kappa shape index (κ3) is 2.55. The predicted octanol–water partition coefficient (Wildman–Crippen LogP) is 3.61. The van der Waals surface area contributed by atoms with E-state index in [1.165, 1.54) is 6.26 Å². The number of benzene rings is 1. The number of carbonyl (C=O) groups is 1. The molecule has 0 bridgehead atoms. The Morgan fingerprint density at radius 1 is 1.29 bits per heavy atom. The van der Waals surface area contributed by atoms with Gasteiger partial charge in [0.25, 0.3) is 0 Å². The summed E-state index contributed by atoms with van der Waals surface area (Å²) in [5.74, 6) is -1.67. The van der Waals surface area contributed by atoms with Gasteiger partial charge >= 0.3 is 6.18 Å². The lowest BCUT2D eigenvalue weighted by atomic mass is 10.0. The summed E-state index contributed by atoms with van der Waals surface area (Å²) in [6.07, 6.45) is -3.30. The summed E-state index contributed by atoms with van der Waals surface area (Å²) in [5.41, 5.74) is -3.34. The Kier molecular flexibility index (Phi) is 3.83. The molecule has 0 radical (unpaired) electrons. The lowest BCUT2D eigenvalue weighted by molar-refractivity contribution is -0.136. The van der Waals surface area contributed by atoms with E-state index in [-0.39, 0.29) is 5.03 Å². The third-order valence-electron chi connectivity index (χ3n) is 2.94. The third-order valence-corrected chi connectivity index (χ3v) is 3.65. The average molecular weight is 319 g/mol. The number of pyridine rings is 1. The van der Waals surface area contributed by atoms with E-state index in [1.54, 1.807) is 0 Å². The van der Waals surface area contributed by atoms with Crippen LogP contribution in [0.2, 0.25) is 0 Å². The van der Waals surface area contributed by atoms with Gasteiger partial charge in [-0.2, -0.15) is 13.2 Å². The van der Waals surface area contributed by atoms with E-state index in [4.69, 9.17) is 0 Å². The number of Topliss-reactive ketones (excluding diaryl/α,β-unsaturated/α-hetero) is 1. The van der Waals surface area contributed by atoms with Gasteiger partial charge in [0, 0.05) is 0 Å². The maximum Gasteiger partial charge on any atom is 0.417 e. The molecular weight excluding hydrogens is 310 g/mol. The minimum atomic E-state index is -4.83. The quantitative estimate of drug-likeness (QED) is 0.523. The molecule has 1 aromatic heterocycles. The molecule has 2 rings (SSSR count). The molecule has 1 heterocycles. The zero-order valence-electron chi connectivity index (χ0n) is 10.9. The summed E-state index contributed by atoms with van der Waals surface area (Å²) in [6, 6.07) is 1.13. The number of hydrogen-bond acceptors (Lipinski definition) is 3. The predicted molar refractivity (Wildman–Crippen MR) is 71.3 cm³/mol. The number of carbonyl (C=O) groups excluding carboxylic acids is 1. The summed E-state index contributed by atoms with van der Waals surface area (Å²) in [7, 11) is 0. The highest BCUT2D eigenvalue weighted by molar-refractivity contribution is 7.98. The Morgan fingerprint density at radius 2 is 1.90 bits per heavy atom. The number of nitrogens with one attached hydrogen (secondary N) is 1. The van der Waals surface area contributed by atoms with E-state index in [1.807, 2.05) is 0 Å². The zero-order chi connectivity index (χ0) is 15.9. The fraction of sp³-hybridized carbons (Fsp3) is 0.231. The number of H-pyrrole nitrogens is 1. The number of halogens is 4. The molecule has 0 saturated carbocycles. The van der Waals surface area contributed by atoms with Crippen molar-refractivity contribution in [3.63, 3.8) is 0 Å². The average Bonchev–Trinajstić information content (AvgIpc) is 2.37. The molecule has 0 spiro atoms. The lowest BCUT2D eigenvalue weighted by Gasteiger charge is -2.13. The number of aromatic amines is 1. The van der Waals surface area contributed by atoms with Crippen LogP contribution in [0.1, 0.15) is 22.8 Å². The highest BCUT2D eigenvalue weighted by Crippen LogP contribution is 2.34. The van der Waals surface area contributed by atoms with Crippen molar-refractivity contribution in [1.82, 2.24) is 4.98 Å². The topological polar surface area (TPSA) is 49.9 Å². The van der Waals surface area contributed by atoms with Gasteiger partial charge in [0.15, 0.2) is 5.78 Å². The monoisotopic (exact) mass is 319 g/mol. The lowest BCUT2D eigenvalue weighted by Crippen LogP contribution is -2.20. The van der Waals surface area contributed by atoms with Gasteiger partial charge in [-0.25, -0.2) is 4.39 Å². The summed E-state index contributed by atoms with van der Waals surface area (Å²) in [5, 5.41) is -0.816. The maximum absolute atomic E-state index is 13.8. The number of fused-ring (bicyclic) bond motifs is 1. The first-order valence-electron chi connectivity index (χ1n) is 5.69. The standard InChI is InChI=1S/C13H9F4NO2S/c1-5(19)8-11(20)9-6(13(15,16)17)3-4-7(14)10(9)18-12(8)21-2/h3-4H,1-2H3,(H,18,20). The first-order valence-corrected chi connectivity index (χ1v) is 6.91. The van der Waals surface area contributed by atoms with Gasteiger partial charge in [-0.3, -0.25) is 9.59 Å². The van der Waals surface area contributed by atoms with E-state index in [2.05, 4.69) is 4.98 Å². The Morgan fingerprint density at radius 3 is 2.38 bits per heavy atom. The molecule has 0 aliphatic carbocycles. The van der Waals surface area contributed by atoms with Crippen LogP contribution in [0.5, 0.6) is 0 Å². The van der Waals surface area contributed by atoms with E-state index in [0.29, 0.717) is 12.1 Å². The number of thioether (sulfide) groups is 1. The van der Waals surface area contributed by atoms with E-state index in [0.717, 1.165) is 18.7 Å². The SMILES string of the molecule is CSc1[nH]c2c(F)ccc(C(F)(F)F)c2c(=O)c1C(C)=O. The van der Waals surface area contributed by atoms with Crippen LogP contribution in [0.15, 0.2) is 22.0 Å². The molecule has 1 N–H and O–H groups in total. The molecule has 0 saturated heterocycles. The van der Waals surface area contributed by atoms with Crippen molar-refractivity contribution in [2.24, 2.45) is 0 Å². The number of ketones is 1. The second kappa shape index (κ2) is 5.18. The Bertz CT molecular complexity index is 795. The molecule has 2 aromatic rings. The number of hydrogen-bond donors (Lipinski definition) is 1. The maximum atomic E-state index is 13.8. The highest BCUT2D eigenvalue weighted by atomic mass is 32.2. The first-order chi connectivity index (χ1) is 9.68. The zero-order valence-corrected chi connectivity index (χ0v) is 11.7. The van der Waals surface area contributed by atoms with E-state index < -0.39 is 45.2 Å². The number of aromatic nitrogens is 1. The molecule has 3 nitrogen and oxygen atoms in total. The van der Waals surface area contributed by atoms with Crippen molar-refractivity contribution in [1.29, 1.82) is 0 Å². The van der Waals surface area contributed by atoms with Crippen molar-refractivity contribution in [2.45, 2.75) is 18.1 Å². The first kappa shape index (κ1) is 15.6. The van der Waals surface area contributed by atoms with Crippen LogP contribution in [-0.4, -0.2) is 17.0 Å². The molecule has 0 unspecified atom stereocenters. The Labute approximate surface area is 120 Å². The van der Waals surface area contributed by atoms with Crippen LogP contribution in [0.25, 0.3) is 10.9 Å². The van der Waals surface area contributed by atoms with Crippen molar-refractivity contribution in [2.75, 3.05) is 6.26 Å². The summed E-state index contributed by atoms with van der Waals surface area (Å²) < 4.78 is 52.7. The molecular formula is C13H9F4NO2S. The van der Waals surface area contributed by atoms with Crippen LogP contribution >= 0.6 is 11.8 Å². The van der Waals surface area contributed by atoms with E-state index in [9.17, 15) is 27.2 Å². The normalized spacial score (nSPS) is 11.9. The van der Waals surface area contributed by atoms with Crippen LogP contribution in [-0.2, 0) is 6.18 Å². The summed E-state index contributed by atoms with van der Waals surface area (Å²) in [4.78, 5) is 26.2. The number of rotatable bonds is 2. The molecule has 112 valence electrons. The molecule has 0 aliphatic heterocycles. The highest BCUT2D eigenvalue weighted by Gasteiger charge is 2.35. The minimum Gasteiger partial charge on any atom is -0.347 e. The molecule has 0 aliphatic rings. The molecule has 0 fully saturated rings. The van der Waals surface area contributed by atoms with Crippen molar-refractivity contribution < 1.29 is 22.4 Å². The summed E-state index contributed by atoms with van der Waals surface area (Å²) in [6.45, 7) is 1.07. The minimum absolute atomic E-state index is 0.0400. The Hall–Kier alpha value is -1.83. The van der Waals surface area contributed by atoms with Crippen LogP contribution < -0.4 is 5.43 Å². The molecule has 1 aromatic carbocycles. The van der Waals surface area contributed by atoms with Crippen molar-refractivity contribution in [3.8, 4) is 0 Å². The van der Waals surface area contributed by atoms with Gasteiger partial charge in [0.05, 0.1) is 27.1 Å².